The van der Waals surface area contributed by atoms with Crippen LogP contribution in [-0.4, -0.2) is 39.1 Å². The lowest BCUT2D eigenvalue weighted by molar-refractivity contribution is -0.113. The number of rotatable bonds is 6. The van der Waals surface area contributed by atoms with Crippen LogP contribution in [-0.2, 0) is 16.1 Å². The molecule has 1 aromatic heterocycles. The predicted octanol–water partition coefficient (Wildman–Crippen LogP) is 1.35. The number of carbonyl (C=O) groups is 1. The minimum Gasteiger partial charge on any atom is -0.376 e. The van der Waals surface area contributed by atoms with Gasteiger partial charge in [0.05, 0.1) is 30.0 Å². The van der Waals surface area contributed by atoms with E-state index in [1.165, 1.54) is 16.3 Å². The number of nitrogens with zero attached hydrogens (tertiary/aromatic N) is 3. The van der Waals surface area contributed by atoms with Crippen LogP contribution in [0.3, 0.4) is 0 Å². The van der Waals surface area contributed by atoms with Gasteiger partial charge >= 0.3 is 5.69 Å². The van der Waals surface area contributed by atoms with Gasteiger partial charge in [-0.1, -0.05) is 11.8 Å². The highest BCUT2D eigenvalue weighted by Gasteiger charge is 2.20. The second-order valence-electron chi connectivity index (χ2n) is 5.58. The van der Waals surface area contributed by atoms with Crippen LogP contribution in [0.25, 0.3) is 0 Å². The molecule has 25 heavy (non-hydrogen) atoms. The van der Waals surface area contributed by atoms with E-state index in [9.17, 15) is 9.59 Å². The summed E-state index contributed by atoms with van der Waals surface area (Å²) in [6, 6.07) is 8.63. The second kappa shape index (κ2) is 8.00. The molecule has 1 saturated heterocycles. The third-order valence-corrected chi connectivity index (χ3v) is 4.74. The van der Waals surface area contributed by atoms with Crippen molar-refractivity contribution in [1.29, 1.82) is 5.26 Å². The Morgan fingerprint density at radius 1 is 1.48 bits per heavy atom. The quantitative estimate of drug-likeness (QED) is 0.753. The first-order valence-electron chi connectivity index (χ1n) is 7.85. The maximum Gasteiger partial charge on any atom is 0.344 e. The van der Waals surface area contributed by atoms with Gasteiger partial charge in [0.25, 0.3) is 0 Å². The smallest absolute Gasteiger partial charge is 0.344 e. The molecule has 2 aromatic rings. The highest BCUT2D eigenvalue weighted by atomic mass is 32.2. The van der Waals surface area contributed by atoms with E-state index in [2.05, 4.69) is 15.5 Å². The predicted molar refractivity (Wildman–Crippen MR) is 92.3 cm³/mol. The van der Waals surface area contributed by atoms with Crippen molar-refractivity contribution >= 4 is 23.4 Å². The molecule has 2 heterocycles. The minimum absolute atomic E-state index is 0.0159. The molecule has 1 aliphatic rings. The Kier molecular flexibility index (Phi) is 5.53. The van der Waals surface area contributed by atoms with Gasteiger partial charge in [-0.25, -0.2) is 9.89 Å². The molecule has 1 atom stereocenters. The van der Waals surface area contributed by atoms with Crippen LogP contribution in [0, 0.1) is 11.3 Å². The lowest BCUT2D eigenvalue weighted by Crippen LogP contribution is -2.25. The molecule has 3 rings (SSSR count). The summed E-state index contributed by atoms with van der Waals surface area (Å²) in [4.78, 5) is 23.9. The number of aromatic amines is 1. The highest BCUT2D eigenvalue weighted by molar-refractivity contribution is 7.99. The molecular formula is C16H17N5O3S. The summed E-state index contributed by atoms with van der Waals surface area (Å²) in [5.41, 5.74) is 0.843. The van der Waals surface area contributed by atoms with Crippen molar-refractivity contribution in [3.8, 4) is 6.07 Å². The summed E-state index contributed by atoms with van der Waals surface area (Å²) in [6.07, 6.45) is 1.93. The summed E-state index contributed by atoms with van der Waals surface area (Å²) in [6.45, 7) is 1.15. The van der Waals surface area contributed by atoms with Gasteiger partial charge in [-0.15, -0.1) is 5.10 Å². The maximum atomic E-state index is 12.1. The van der Waals surface area contributed by atoms with Crippen molar-refractivity contribution < 1.29 is 9.53 Å². The van der Waals surface area contributed by atoms with Crippen LogP contribution in [0.15, 0.2) is 34.2 Å². The number of benzene rings is 1. The van der Waals surface area contributed by atoms with E-state index < -0.39 is 0 Å². The summed E-state index contributed by atoms with van der Waals surface area (Å²) in [5.74, 6) is -0.0932. The average molecular weight is 359 g/mol. The van der Waals surface area contributed by atoms with Gasteiger partial charge in [-0.05, 0) is 37.1 Å². The monoisotopic (exact) mass is 359 g/mol. The van der Waals surface area contributed by atoms with Crippen LogP contribution in [0.4, 0.5) is 5.69 Å². The molecule has 1 aliphatic heterocycles. The molecule has 0 spiro atoms. The lowest BCUT2D eigenvalue weighted by Gasteiger charge is -2.11. The number of carbonyl (C=O) groups excluding carboxylic acids is 1. The standard InChI is InChI=1S/C16H17N5O3S/c17-8-11-3-5-12(6-4-11)18-14(22)10-25-16-20-19-15(23)21(16)9-13-2-1-7-24-13/h3-6,13H,1-2,7,9-10H2,(H,18,22)(H,19,23)/t13-/m0/s1. The molecule has 2 N–H and O–H groups in total. The highest BCUT2D eigenvalue weighted by Crippen LogP contribution is 2.18. The number of anilines is 1. The van der Waals surface area contributed by atoms with Crippen LogP contribution in [0.5, 0.6) is 0 Å². The normalized spacial score (nSPS) is 16.5. The molecule has 0 radical (unpaired) electrons. The molecule has 0 bridgehead atoms. The molecular weight excluding hydrogens is 342 g/mol. The number of aromatic nitrogens is 3. The third-order valence-electron chi connectivity index (χ3n) is 3.76. The molecule has 8 nitrogen and oxygen atoms in total. The van der Waals surface area contributed by atoms with Crippen molar-refractivity contribution in [3.63, 3.8) is 0 Å². The molecule has 130 valence electrons. The second-order valence-corrected chi connectivity index (χ2v) is 6.53. The van der Waals surface area contributed by atoms with Gasteiger partial charge in [0, 0.05) is 12.3 Å². The first kappa shape index (κ1) is 17.3. The number of nitriles is 1. The van der Waals surface area contributed by atoms with Crippen LogP contribution in [0.2, 0.25) is 0 Å². The molecule has 1 fully saturated rings. The number of ether oxygens (including phenoxy) is 1. The van der Waals surface area contributed by atoms with Crippen LogP contribution < -0.4 is 11.0 Å². The first-order valence-corrected chi connectivity index (χ1v) is 8.84. The van der Waals surface area contributed by atoms with Crippen molar-refractivity contribution in [2.45, 2.75) is 30.6 Å². The topological polar surface area (TPSA) is 113 Å². The summed E-state index contributed by atoms with van der Waals surface area (Å²) < 4.78 is 7.06. The zero-order valence-electron chi connectivity index (χ0n) is 13.4. The largest absolute Gasteiger partial charge is 0.376 e. The number of amides is 1. The number of hydrogen-bond donors (Lipinski definition) is 2. The SMILES string of the molecule is N#Cc1ccc(NC(=O)CSc2n[nH]c(=O)n2C[C@@H]2CCCO2)cc1. The lowest BCUT2D eigenvalue weighted by atomic mass is 10.2. The Labute approximate surface area is 148 Å². The maximum absolute atomic E-state index is 12.1. The van der Waals surface area contributed by atoms with Gasteiger partial charge in [-0.3, -0.25) is 9.36 Å². The number of nitrogens with one attached hydrogen (secondary N) is 2. The molecule has 0 unspecified atom stereocenters. The van der Waals surface area contributed by atoms with E-state index in [1.54, 1.807) is 24.3 Å². The molecule has 1 aromatic carbocycles. The zero-order chi connectivity index (χ0) is 17.6. The first-order chi connectivity index (χ1) is 12.2. The fraction of sp³-hybridized carbons (Fsp3) is 0.375. The average Bonchev–Trinajstić information content (AvgIpc) is 3.25. The Balaban J connectivity index is 1.56. The molecule has 9 heteroatoms. The zero-order valence-corrected chi connectivity index (χ0v) is 14.2. The summed E-state index contributed by atoms with van der Waals surface area (Å²) in [7, 11) is 0. The Bertz CT molecular complexity index is 831. The van der Waals surface area contributed by atoms with Gasteiger partial charge in [-0.2, -0.15) is 5.26 Å². The van der Waals surface area contributed by atoms with Crippen LogP contribution >= 0.6 is 11.8 Å². The van der Waals surface area contributed by atoms with E-state index >= 15 is 0 Å². The van der Waals surface area contributed by atoms with Crippen molar-refractivity contribution in [2.75, 3.05) is 17.7 Å². The van der Waals surface area contributed by atoms with Gasteiger partial charge < -0.3 is 10.1 Å². The fourth-order valence-electron chi connectivity index (χ4n) is 2.52. The van der Waals surface area contributed by atoms with Crippen molar-refractivity contribution in [3.05, 3.63) is 40.3 Å². The molecule has 0 aliphatic carbocycles. The van der Waals surface area contributed by atoms with Crippen molar-refractivity contribution in [2.24, 2.45) is 0 Å². The fourth-order valence-corrected chi connectivity index (χ4v) is 3.28. The Morgan fingerprint density at radius 2 is 2.28 bits per heavy atom. The third kappa shape index (κ3) is 4.49. The van der Waals surface area contributed by atoms with Crippen LogP contribution in [0.1, 0.15) is 18.4 Å². The summed E-state index contributed by atoms with van der Waals surface area (Å²) >= 11 is 1.19. The van der Waals surface area contributed by atoms with E-state index in [0.717, 1.165) is 12.8 Å². The Hall–Kier alpha value is -2.57. The van der Waals surface area contributed by atoms with Gasteiger partial charge in [0.15, 0.2) is 5.16 Å². The molecule has 0 saturated carbocycles. The van der Waals surface area contributed by atoms with Gasteiger partial charge in [0.1, 0.15) is 0 Å². The summed E-state index contributed by atoms with van der Waals surface area (Å²) in [5, 5.41) is 18.4. The van der Waals surface area contributed by atoms with Gasteiger partial charge in [0.2, 0.25) is 5.91 Å². The number of H-pyrrole nitrogens is 1. The molecule has 1 amide bonds. The van der Waals surface area contributed by atoms with E-state index in [-0.39, 0.29) is 23.5 Å². The van der Waals surface area contributed by atoms with E-state index in [4.69, 9.17) is 10.00 Å². The number of hydrogen-bond acceptors (Lipinski definition) is 6. The van der Waals surface area contributed by atoms with E-state index in [0.29, 0.717) is 29.6 Å². The number of thioether (sulfide) groups is 1. The van der Waals surface area contributed by atoms with E-state index in [1.807, 2.05) is 6.07 Å². The van der Waals surface area contributed by atoms with Crippen molar-refractivity contribution in [1.82, 2.24) is 14.8 Å². The Morgan fingerprint density at radius 3 is 2.96 bits per heavy atom. The minimum atomic E-state index is -0.300.